The lowest BCUT2D eigenvalue weighted by atomic mass is 10.3. The zero-order valence-electron chi connectivity index (χ0n) is 11.3. The fourth-order valence-corrected chi connectivity index (χ4v) is 3.45. The minimum Gasteiger partial charge on any atom is -0.480 e. The molecule has 0 atom stereocenters. The van der Waals surface area contributed by atoms with Gasteiger partial charge in [-0.2, -0.15) is 4.31 Å². The number of carbonyl (C=O) groups is 1. The summed E-state index contributed by atoms with van der Waals surface area (Å²) in [6.07, 6.45) is 3.01. The van der Waals surface area contributed by atoms with Crippen LogP contribution in [0.15, 0.2) is 17.6 Å². The molecule has 1 aromatic rings. The van der Waals surface area contributed by atoms with E-state index >= 15 is 0 Å². The fraction of sp³-hybridized carbons (Fsp3) is 0.636. The second-order valence-electron chi connectivity index (χ2n) is 4.62. The van der Waals surface area contributed by atoms with Gasteiger partial charge in [-0.05, 0) is 6.92 Å². The van der Waals surface area contributed by atoms with Crippen molar-refractivity contribution < 1.29 is 18.3 Å². The van der Waals surface area contributed by atoms with Crippen LogP contribution in [0.4, 0.5) is 0 Å². The van der Waals surface area contributed by atoms with E-state index in [4.69, 9.17) is 5.11 Å². The van der Waals surface area contributed by atoms with Crippen LogP contribution in [-0.4, -0.2) is 71.0 Å². The molecule has 9 heteroatoms. The van der Waals surface area contributed by atoms with Gasteiger partial charge in [0.05, 0.1) is 12.9 Å². The van der Waals surface area contributed by atoms with Gasteiger partial charge in [0.2, 0.25) is 0 Å². The number of imidazole rings is 1. The first-order valence-corrected chi connectivity index (χ1v) is 7.83. The van der Waals surface area contributed by atoms with E-state index in [0.717, 1.165) is 0 Å². The summed E-state index contributed by atoms with van der Waals surface area (Å²) in [5.74, 6) is -0.900. The number of hydrogen-bond donors (Lipinski definition) is 1. The molecule has 1 N–H and O–H groups in total. The van der Waals surface area contributed by atoms with Crippen LogP contribution in [0.5, 0.6) is 0 Å². The first kappa shape index (κ1) is 14.9. The number of carboxylic acid groups (broad SMARTS) is 1. The van der Waals surface area contributed by atoms with Gasteiger partial charge in [0.25, 0.3) is 10.0 Å². The number of carboxylic acids is 1. The molecule has 20 heavy (non-hydrogen) atoms. The van der Waals surface area contributed by atoms with Gasteiger partial charge < -0.3 is 9.67 Å². The van der Waals surface area contributed by atoms with Crippen LogP contribution >= 0.6 is 0 Å². The first-order valence-electron chi connectivity index (χ1n) is 6.39. The van der Waals surface area contributed by atoms with Crippen LogP contribution in [0.25, 0.3) is 0 Å². The average Bonchev–Trinajstić information content (AvgIpc) is 2.88. The molecule has 2 rings (SSSR count). The Morgan fingerprint density at radius 3 is 2.50 bits per heavy atom. The smallest absolute Gasteiger partial charge is 0.317 e. The van der Waals surface area contributed by atoms with Crippen LogP contribution in [0.2, 0.25) is 0 Å². The lowest BCUT2D eigenvalue weighted by molar-refractivity contribution is -0.138. The predicted molar refractivity (Wildman–Crippen MR) is 70.7 cm³/mol. The number of sulfonamides is 1. The summed E-state index contributed by atoms with van der Waals surface area (Å²) >= 11 is 0. The van der Waals surface area contributed by atoms with Crippen molar-refractivity contribution in [3.8, 4) is 0 Å². The highest BCUT2D eigenvalue weighted by atomic mass is 32.2. The Labute approximate surface area is 117 Å². The molecule has 0 unspecified atom stereocenters. The van der Waals surface area contributed by atoms with Crippen LogP contribution in [-0.2, 0) is 21.4 Å². The number of aromatic nitrogens is 2. The predicted octanol–water partition coefficient (Wildman–Crippen LogP) is -0.706. The molecule has 0 aromatic carbocycles. The van der Waals surface area contributed by atoms with Crippen LogP contribution in [0, 0.1) is 0 Å². The van der Waals surface area contributed by atoms with E-state index in [1.807, 2.05) is 6.92 Å². The lowest BCUT2D eigenvalue weighted by Gasteiger charge is -2.32. The molecule has 1 saturated heterocycles. The summed E-state index contributed by atoms with van der Waals surface area (Å²) in [5, 5.41) is 8.76. The van der Waals surface area contributed by atoms with Gasteiger partial charge in [-0.25, -0.2) is 13.4 Å². The van der Waals surface area contributed by atoms with Crippen LogP contribution < -0.4 is 0 Å². The molecular formula is C11H18N4O4S. The number of aryl methyl sites for hydroxylation is 1. The first-order chi connectivity index (χ1) is 9.43. The normalized spacial score (nSPS) is 18.2. The average molecular weight is 302 g/mol. The largest absolute Gasteiger partial charge is 0.480 e. The quantitative estimate of drug-likeness (QED) is 0.772. The zero-order valence-corrected chi connectivity index (χ0v) is 12.1. The molecule has 0 bridgehead atoms. The monoisotopic (exact) mass is 302 g/mol. The molecular weight excluding hydrogens is 284 g/mol. The maximum absolute atomic E-state index is 12.4. The van der Waals surface area contributed by atoms with Gasteiger partial charge in [-0.15, -0.1) is 0 Å². The SMILES string of the molecule is CCn1cnc(S(=O)(=O)N2CCN(CC(=O)O)CC2)c1. The lowest BCUT2D eigenvalue weighted by Crippen LogP contribution is -2.49. The Bertz CT molecular complexity index is 575. The van der Waals surface area contributed by atoms with E-state index in [-0.39, 0.29) is 24.7 Å². The van der Waals surface area contributed by atoms with E-state index < -0.39 is 16.0 Å². The van der Waals surface area contributed by atoms with Crippen molar-refractivity contribution in [1.29, 1.82) is 0 Å². The molecule has 0 aliphatic carbocycles. The summed E-state index contributed by atoms with van der Waals surface area (Å²) in [4.78, 5) is 16.3. The molecule has 2 heterocycles. The Balaban J connectivity index is 2.03. The molecule has 0 radical (unpaired) electrons. The van der Waals surface area contributed by atoms with Crippen molar-refractivity contribution in [3.63, 3.8) is 0 Å². The van der Waals surface area contributed by atoms with Gasteiger partial charge in [0.15, 0.2) is 5.03 Å². The summed E-state index contributed by atoms with van der Waals surface area (Å²) < 4.78 is 27.8. The summed E-state index contributed by atoms with van der Waals surface area (Å²) in [6.45, 7) is 3.92. The maximum Gasteiger partial charge on any atom is 0.317 e. The number of nitrogens with zero attached hydrogens (tertiary/aromatic N) is 4. The minimum atomic E-state index is -3.58. The highest BCUT2D eigenvalue weighted by Crippen LogP contribution is 2.15. The van der Waals surface area contributed by atoms with Gasteiger partial charge in [0, 0.05) is 38.9 Å². The van der Waals surface area contributed by atoms with Crippen molar-refractivity contribution in [3.05, 3.63) is 12.5 Å². The van der Waals surface area contributed by atoms with Gasteiger partial charge >= 0.3 is 5.97 Å². The third-order valence-electron chi connectivity index (χ3n) is 3.27. The second kappa shape index (κ2) is 5.90. The second-order valence-corrected chi connectivity index (χ2v) is 6.50. The maximum atomic E-state index is 12.4. The molecule has 0 spiro atoms. The number of hydrogen-bond acceptors (Lipinski definition) is 5. The van der Waals surface area contributed by atoms with Gasteiger partial charge in [-0.1, -0.05) is 0 Å². The Hall–Kier alpha value is -1.45. The number of rotatable bonds is 5. The molecule has 0 amide bonds. The number of piperazine rings is 1. The fourth-order valence-electron chi connectivity index (χ4n) is 2.10. The molecule has 8 nitrogen and oxygen atoms in total. The number of aliphatic carboxylic acids is 1. The van der Waals surface area contributed by atoms with Gasteiger partial charge in [-0.3, -0.25) is 9.69 Å². The van der Waals surface area contributed by atoms with E-state index in [1.54, 1.807) is 9.47 Å². The highest BCUT2D eigenvalue weighted by molar-refractivity contribution is 7.89. The molecule has 1 aliphatic rings. The standard InChI is InChI=1S/C11H18N4O4S/c1-2-13-7-10(12-9-13)20(18,19)15-5-3-14(4-6-15)8-11(16)17/h7,9H,2-6,8H2,1H3,(H,16,17). The van der Waals surface area contributed by atoms with Crippen LogP contribution in [0.3, 0.4) is 0 Å². The molecule has 1 aromatic heterocycles. The summed E-state index contributed by atoms with van der Waals surface area (Å²) in [7, 11) is -3.58. The zero-order chi connectivity index (χ0) is 14.8. The van der Waals surface area contributed by atoms with Gasteiger partial charge in [0.1, 0.15) is 0 Å². The third kappa shape index (κ3) is 3.17. The summed E-state index contributed by atoms with van der Waals surface area (Å²) in [6, 6.07) is 0. The van der Waals surface area contributed by atoms with Crippen molar-refractivity contribution in [2.24, 2.45) is 0 Å². The summed E-state index contributed by atoms with van der Waals surface area (Å²) in [5.41, 5.74) is 0. The molecule has 1 fully saturated rings. The molecule has 1 aliphatic heterocycles. The topological polar surface area (TPSA) is 95.7 Å². The minimum absolute atomic E-state index is 0.0473. The van der Waals surface area contributed by atoms with Crippen molar-refractivity contribution >= 4 is 16.0 Å². The molecule has 0 saturated carbocycles. The van der Waals surface area contributed by atoms with Crippen molar-refractivity contribution in [2.45, 2.75) is 18.5 Å². The molecule has 112 valence electrons. The van der Waals surface area contributed by atoms with E-state index in [9.17, 15) is 13.2 Å². The Morgan fingerprint density at radius 2 is 2.00 bits per heavy atom. The van der Waals surface area contributed by atoms with E-state index in [0.29, 0.717) is 19.6 Å². The Kier molecular flexibility index (Phi) is 4.41. The Morgan fingerprint density at radius 1 is 1.35 bits per heavy atom. The highest BCUT2D eigenvalue weighted by Gasteiger charge is 2.30. The van der Waals surface area contributed by atoms with Crippen LogP contribution in [0.1, 0.15) is 6.92 Å². The van der Waals surface area contributed by atoms with Crippen molar-refractivity contribution in [2.75, 3.05) is 32.7 Å². The third-order valence-corrected chi connectivity index (χ3v) is 5.05. The van der Waals surface area contributed by atoms with Crippen molar-refractivity contribution in [1.82, 2.24) is 18.8 Å². The van der Waals surface area contributed by atoms with E-state index in [2.05, 4.69) is 4.98 Å². The van der Waals surface area contributed by atoms with E-state index in [1.165, 1.54) is 16.8 Å².